The maximum absolute atomic E-state index is 12.6. The molecule has 24 heavy (non-hydrogen) atoms. The first kappa shape index (κ1) is 16.1. The summed E-state index contributed by atoms with van der Waals surface area (Å²) < 4.78 is 3.64. The zero-order chi connectivity index (χ0) is 16.7. The summed E-state index contributed by atoms with van der Waals surface area (Å²) in [4.78, 5) is 16.5. The quantitative estimate of drug-likeness (QED) is 0.836. The molecule has 0 amide bonds. The van der Waals surface area contributed by atoms with E-state index in [1.165, 1.54) is 23.3 Å². The molecule has 0 aromatic carbocycles. The fraction of sp³-hybridized carbons (Fsp3) is 0.667. The molecule has 4 rings (SSSR count). The Bertz CT molecular complexity index is 770. The van der Waals surface area contributed by atoms with E-state index in [0.717, 1.165) is 44.7 Å². The van der Waals surface area contributed by atoms with Crippen molar-refractivity contribution in [3.63, 3.8) is 0 Å². The first-order valence-electron chi connectivity index (χ1n) is 9.01. The molecule has 130 valence electrons. The van der Waals surface area contributed by atoms with Crippen molar-refractivity contribution in [2.75, 3.05) is 7.05 Å². The van der Waals surface area contributed by atoms with Gasteiger partial charge in [0, 0.05) is 37.0 Å². The lowest BCUT2D eigenvalue weighted by atomic mass is 10.1. The Hall–Kier alpha value is -1.40. The van der Waals surface area contributed by atoms with E-state index in [2.05, 4.69) is 35.4 Å². The van der Waals surface area contributed by atoms with Gasteiger partial charge in [-0.15, -0.1) is 11.3 Å². The molecular formula is C18H26N4OS. The average Bonchev–Trinajstić information content (AvgIpc) is 3.27. The minimum Gasteiger partial charge on any atom is -0.298 e. The smallest absolute Gasteiger partial charge is 0.298 e. The fourth-order valence-corrected chi connectivity index (χ4v) is 4.61. The molecule has 1 aliphatic heterocycles. The fourth-order valence-electron chi connectivity index (χ4n) is 3.64. The Kier molecular flexibility index (Phi) is 4.35. The molecule has 3 heterocycles. The summed E-state index contributed by atoms with van der Waals surface area (Å²) in [6.07, 6.45) is 5.53. The Balaban J connectivity index is 1.43. The van der Waals surface area contributed by atoms with E-state index in [4.69, 9.17) is 0 Å². The Morgan fingerprint density at radius 3 is 2.88 bits per heavy atom. The number of thiophene rings is 1. The van der Waals surface area contributed by atoms with Gasteiger partial charge in [-0.25, -0.2) is 9.48 Å². The van der Waals surface area contributed by atoms with Crippen LogP contribution in [-0.2, 0) is 26.1 Å². The van der Waals surface area contributed by atoms with Crippen molar-refractivity contribution in [3.05, 3.63) is 38.2 Å². The molecule has 1 aliphatic carbocycles. The van der Waals surface area contributed by atoms with E-state index in [1.807, 2.05) is 15.9 Å². The molecule has 5 nitrogen and oxygen atoms in total. The largest absolute Gasteiger partial charge is 0.345 e. The Labute approximate surface area is 146 Å². The van der Waals surface area contributed by atoms with Gasteiger partial charge < -0.3 is 0 Å². The zero-order valence-electron chi connectivity index (χ0n) is 14.6. The highest BCUT2D eigenvalue weighted by atomic mass is 32.1. The molecule has 0 radical (unpaired) electrons. The number of aryl methyl sites for hydroxylation is 2. The van der Waals surface area contributed by atoms with Crippen LogP contribution in [0.4, 0.5) is 0 Å². The first-order valence-corrected chi connectivity index (χ1v) is 9.89. The lowest BCUT2D eigenvalue weighted by molar-refractivity contribution is 0.211. The monoisotopic (exact) mass is 346 g/mol. The van der Waals surface area contributed by atoms with Crippen LogP contribution in [0.5, 0.6) is 0 Å². The molecule has 1 fully saturated rings. The number of nitrogens with zero attached hydrogens (tertiary/aromatic N) is 4. The second-order valence-corrected chi connectivity index (χ2v) is 8.40. The maximum atomic E-state index is 12.6. The van der Waals surface area contributed by atoms with Crippen LogP contribution >= 0.6 is 11.3 Å². The molecular weight excluding hydrogens is 320 g/mol. The van der Waals surface area contributed by atoms with Crippen LogP contribution in [0.15, 0.2) is 16.2 Å². The predicted octanol–water partition coefficient (Wildman–Crippen LogP) is 2.66. The van der Waals surface area contributed by atoms with Crippen molar-refractivity contribution >= 4 is 11.3 Å². The third kappa shape index (κ3) is 3.22. The van der Waals surface area contributed by atoms with Crippen LogP contribution in [0.2, 0.25) is 0 Å². The van der Waals surface area contributed by atoms with Crippen LogP contribution < -0.4 is 5.69 Å². The van der Waals surface area contributed by atoms with Gasteiger partial charge in [0.05, 0.1) is 0 Å². The molecule has 1 atom stereocenters. The third-order valence-electron chi connectivity index (χ3n) is 5.50. The highest BCUT2D eigenvalue weighted by Crippen LogP contribution is 2.30. The van der Waals surface area contributed by atoms with Gasteiger partial charge >= 0.3 is 5.69 Å². The van der Waals surface area contributed by atoms with Gasteiger partial charge in [-0.3, -0.25) is 9.47 Å². The van der Waals surface area contributed by atoms with Crippen LogP contribution in [0.1, 0.15) is 41.9 Å². The van der Waals surface area contributed by atoms with E-state index >= 15 is 0 Å². The van der Waals surface area contributed by atoms with Crippen molar-refractivity contribution in [1.29, 1.82) is 0 Å². The second-order valence-electron chi connectivity index (χ2n) is 7.40. The van der Waals surface area contributed by atoms with Gasteiger partial charge in [0.1, 0.15) is 5.82 Å². The van der Waals surface area contributed by atoms with Gasteiger partial charge in [-0.1, -0.05) is 0 Å². The highest BCUT2D eigenvalue weighted by Gasteiger charge is 2.27. The number of fused-ring (bicyclic) bond motifs is 1. The van der Waals surface area contributed by atoms with Gasteiger partial charge in [0.2, 0.25) is 0 Å². The maximum Gasteiger partial charge on any atom is 0.345 e. The summed E-state index contributed by atoms with van der Waals surface area (Å²) in [5.74, 6) is 1.68. The second kappa shape index (κ2) is 6.48. The molecule has 0 spiro atoms. The van der Waals surface area contributed by atoms with Crippen LogP contribution in [0.3, 0.4) is 0 Å². The van der Waals surface area contributed by atoms with Crippen LogP contribution in [-0.4, -0.2) is 32.3 Å². The number of hydrogen-bond acceptors (Lipinski definition) is 4. The molecule has 0 N–H and O–H groups in total. The molecule has 2 aromatic heterocycles. The van der Waals surface area contributed by atoms with E-state index in [1.54, 1.807) is 4.68 Å². The van der Waals surface area contributed by atoms with E-state index in [9.17, 15) is 4.79 Å². The summed E-state index contributed by atoms with van der Waals surface area (Å²) in [5.41, 5.74) is 1.49. The standard InChI is InChI=1S/C18H26N4OS/c1-13-8-10-24-16(13)12-20(2)15-5-6-17-19-22(11-14-3-4-14)18(23)21(17)9-7-15/h8,10,14-15H,3-7,9,11-12H2,1-2H3. The first-order chi connectivity index (χ1) is 11.6. The van der Waals surface area contributed by atoms with Crippen LogP contribution in [0, 0.1) is 12.8 Å². The Morgan fingerprint density at radius 1 is 1.33 bits per heavy atom. The van der Waals surface area contributed by atoms with Gasteiger partial charge in [-0.05, 0) is 62.6 Å². The Morgan fingerprint density at radius 2 is 2.17 bits per heavy atom. The molecule has 6 heteroatoms. The van der Waals surface area contributed by atoms with Gasteiger partial charge in [-0.2, -0.15) is 5.10 Å². The SMILES string of the molecule is Cc1ccsc1CN(C)C1CCc2nn(CC3CC3)c(=O)n2CC1. The lowest BCUT2D eigenvalue weighted by Gasteiger charge is -2.26. The third-order valence-corrected chi connectivity index (χ3v) is 6.51. The van der Waals surface area contributed by atoms with Crippen molar-refractivity contribution in [2.24, 2.45) is 5.92 Å². The highest BCUT2D eigenvalue weighted by molar-refractivity contribution is 7.10. The molecule has 0 bridgehead atoms. The van der Waals surface area contributed by atoms with Crippen molar-refractivity contribution in [3.8, 4) is 0 Å². The summed E-state index contributed by atoms with van der Waals surface area (Å²) >= 11 is 1.84. The predicted molar refractivity (Wildman–Crippen MR) is 96.5 cm³/mol. The average molecular weight is 347 g/mol. The summed E-state index contributed by atoms with van der Waals surface area (Å²) in [6.45, 7) is 4.81. The number of rotatable bonds is 5. The van der Waals surface area contributed by atoms with Gasteiger partial charge in [0.15, 0.2) is 0 Å². The topological polar surface area (TPSA) is 43.1 Å². The molecule has 2 aliphatic rings. The summed E-state index contributed by atoms with van der Waals surface area (Å²) in [7, 11) is 2.21. The van der Waals surface area contributed by atoms with Crippen molar-refractivity contribution in [1.82, 2.24) is 19.2 Å². The normalized spacial score (nSPS) is 21.0. The van der Waals surface area contributed by atoms with E-state index in [-0.39, 0.29) is 5.69 Å². The zero-order valence-corrected chi connectivity index (χ0v) is 15.4. The van der Waals surface area contributed by atoms with E-state index in [0.29, 0.717) is 12.0 Å². The molecule has 1 unspecified atom stereocenters. The minimum atomic E-state index is 0.106. The lowest BCUT2D eigenvalue weighted by Crippen LogP contribution is -2.32. The van der Waals surface area contributed by atoms with Crippen molar-refractivity contribution < 1.29 is 0 Å². The number of hydrogen-bond donors (Lipinski definition) is 0. The van der Waals surface area contributed by atoms with Gasteiger partial charge in [0.25, 0.3) is 0 Å². The summed E-state index contributed by atoms with van der Waals surface area (Å²) in [6, 6.07) is 2.71. The molecule has 1 saturated carbocycles. The van der Waals surface area contributed by atoms with Crippen LogP contribution in [0.25, 0.3) is 0 Å². The number of aromatic nitrogens is 3. The summed E-state index contributed by atoms with van der Waals surface area (Å²) in [5, 5.41) is 6.79. The molecule has 0 saturated heterocycles. The minimum absolute atomic E-state index is 0.106. The van der Waals surface area contributed by atoms with E-state index < -0.39 is 0 Å². The van der Waals surface area contributed by atoms with Crippen molar-refractivity contribution in [2.45, 2.75) is 64.7 Å². The molecule has 2 aromatic rings.